The van der Waals surface area contributed by atoms with E-state index in [-0.39, 0.29) is 12.1 Å². The summed E-state index contributed by atoms with van der Waals surface area (Å²) in [7, 11) is 0. The highest BCUT2D eigenvalue weighted by Gasteiger charge is 2.14. The van der Waals surface area contributed by atoms with E-state index in [9.17, 15) is 9.59 Å². The van der Waals surface area contributed by atoms with Crippen molar-refractivity contribution < 1.29 is 9.90 Å². The summed E-state index contributed by atoms with van der Waals surface area (Å²) in [5, 5.41) is 13.9. The number of hydrogen-bond donors (Lipinski definition) is 1. The maximum Gasteiger partial charge on any atom is 0.341 e. The van der Waals surface area contributed by atoms with Gasteiger partial charge in [0.05, 0.1) is 12.2 Å². The lowest BCUT2D eigenvalue weighted by Gasteiger charge is -2.09. The molecule has 0 unspecified atom stereocenters. The summed E-state index contributed by atoms with van der Waals surface area (Å²) in [6.07, 6.45) is 0. The Morgan fingerprint density at radius 2 is 2.05 bits per heavy atom. The molecule has 0 fully saturated rings. The SMILES string of the molecule is Cc1cc(C(=O)O)c(=O)n(Cc2ccc(Cl)cc2Cl)n1. The van der Waals surface area contributed by atoms with Crippen LogP contribution in [0, 0.1) is 6.92 Å². The lowest BCUT2D eigenvalue weighted by Crippen LogP contribution is -2.29. The maximum absolute atomic E-state index is 12.0. The summed E-state index contributed by atoms with van der Waals surface area (Å²) < 4.78 is 1.08. The minimum Gasteiger partial charge on any atom is -0.477 e. The van der Waals surface area contributed by atoms with Crippen molar-refractivity contribution in [2.45, 2.75) is 13.5 Å². The van der Waals surface area contributed by atoms with Crippen molar-refractivity contribution in [1.29, 1.82) is 0 Å². The maximum atomic E-state index is 12.0. The van der Waals surface area contributed by atoms with E-state index in [1.165, 1.54) is 6.07 Å². The van der Waals surface area contributed by atoms with Gasteiger partial charge in [-0.15, -0.1) is 0 Å². The van der Waals surface area contributed by atoms with E-state index in [1.807, 2.05) is 0 Å². The minimum atomic E-state index is -1.28. The molecule has 104 valence electrons. The normalized spacial score (nSPS) is 10.6. The van der Waals surface area contributed by atoms with E-state index in [1.54, 1.807) is 25.1 Å². The zero-order valence-corrected chi connectivity index (χ0v) is 11.9. The van der Waals surface area contributed by atoms with Crippen molar-refractivity contribution in [3.8, 4) is 0 Å². The molecule has 2 rings (SSSR count). The molecule has 0 saturated carbocycles. The molecule has 0 aliphatic carbocycles. The molecule has 1 heterocycles. The molecule has 0 aliphatic rings. The predicted octanol–water partition coefficient (Wildman–Crippen LogP) is 2.61. The molecule has 0 atom stereocenters. The third-order valence-electron chi connectivity index (χ3n) is 2.66. The Bertz CT molecular complexity index is 741. The molecular weight excluding hydrogens is 303 g/mol. The smallest absolute Gasteiger partial charge is 0.341 e. The largest absolute Gasteiger partial charge is 0.477 e. The van der Waals surface area contributed by atoms with Gasteiger partial charge in [0.1, 0.15) is 5.56 Å². The molecule has 0 amide bonds. The second-order valence-electron chi connectivity index (χ2n) is 4.20. The van der Waals surface area contributed by atoms with Gasteiger partial charge < -0.3 is 5.11 Å². The fourth-order valence-electron chi connectivity index (χ4n) is 1.75. The Morgan fingerprint density at radius 3 is 2.65 bits per heavy atom. The van der Waals surface area contributed by atoms with Gasteiger partial charge in [-0.1, -0.05) is 29.3 Å². The minimum absolute atomic E-state index is 0.0802. The molecule has 1 N–H and O–H groups in total. The molecule has 7 heteroatoms. The van der Waals surface area contributed by atoms with Crippen LogP contribution in [0.4, 0.5) is 0 Å². The summed E-state index contributed by atoms with van der Waals surface area (Å²) in [6, 6.07) is 6.10. The van der Waals surface area contributed by atoms with Crippen LogP contribution >= 0.6 is 23.2 Å². The van der Waals surface area contributed by atoms with Gasteiger partial charge >= 0.3 is 5.97 Å². The van der Waals surface area contributed by atoms with Crippen LogP contribution in [0.3, 0.4) is 0 Å². The van der Waals surface area contributed by atoms with Crippen molar-refractivity contribution in [2.24, 2.45) is 0 Å². The third-order valence-corrected chi connectivity index (χ3v) is 3.25. The van der Waals surface area contributed by atoms with Crippen LogP contribution in [0.15, 0.2) is 29.1 Å². The highest BCUT2D eigenvalue weighted by atomic mass is 35.5. The van der Waals surface area contributed by atoms with Gasteiger partial charge in [0.15, 0.2) is 0 Å². The zero-order chi connectivity index (χ0) is 14.9. The number of carboxylic acid groups (broad SMARTS) is 1. The topological polar surface area (TPSA) is 72.2 Å². The van der Waals surface area contributed by atoms with E-state index in [4.69, 9.17) is 28.3 Å². The van der Waals surface area contributed by atoms with Crippen LogP contribution in [0.5, 0.6) is 0 Å². The first-order valence-electron chi connectivity index (χ1n) is 5.64. The van der Waals surface area contributed by atoms with Gasteiger partial charge in [0, 0.05) is 10.0 Å². The molecule has 0 aliphatic heterocycles. The molecule has 1 aromatic heterocycles. The first kappa shape index (κ1) is 14.6. The van der Waals surface area contributed by atoms with E-state index >= 15 is 0 Å². The quantitative estimate of drug-likeness (QED) is 0.945. The lowest BCUT2D eigenvalue weighted by atomic mass is 10.2. The van der Waals surface area contributed by atoms with Gasteiger partial charge in [-0.3, -0.25) is 4.79 Å². The van der Waals surface area contributed by atoms with Crippen LogP contribution < -0.4 is 5.56 Å². The number of aryl methyl sites for hydroxylation is 1. The van der Waals surface area contributed by atoms with Crippen molar-refractivity contribution in [2.75, 3.05) is 0 Å². The Hall–Kier alpha value is -1.85. The first-order chi connectivity index (χ1) is 9.38. The summed E-state index contributed by atoms with van der Waals surface area (Å²) in [5.41, 5.74) is 0.0800. The number of carbonyl (C=O) groups is 1. The fourth-order valence-corrected chi connectivity index (χ4v) is 2.21. The third kappa shape index (κ3) is 3.00. The second-order valence-corrected chi connectivity index (χ2v) is 5.05. The van der Waals surface area contributed by atoms with Gasteiger partial charge in [0.25, 0.3) is 5.56 Å². The first-order valence-corrected chi connectivity index (χ1v) is 6.40. The molecule has 0 saturated heterocycles. The van der Waals surface area contributed by atoms with E-state index in [2.05, 4.69) is 5.10 Å². The van der Waals surface area contributed by atoms with E-state index in [0.717, 1.165) is 4.68 Å². The molecule has 2 aromatic rings. The van der Waals surface area contributed by atoms with Gasteiger partial charge in [-0.25, -0.2) is 9.48 Å². The van der Waals surface area contributed by atoms with Crippen LogP contribution in [-0.4, -0.2) is 20.9 Å². The predicted molar refractivity (Wildman–Crippen MR) is 75.8 cm³/mol. The number of rotatable bonds is 3. The van der Waals surface area contributed by atoms with E-state index < -0.39 is 11.5 Å². The number of carboxylic acids is 1. The van der Waals surface area contributed by atoms with Gasteiger partial charge in [-0.05, 0) is 30.7 Å². The average molecular weight is 313 g/mol. The van der Waals surface area contributed by atoms with Gasteiger partial charge in [0.2, 0.25) is 0 Å². The number of benzene rings is 1. The number of aromatic nitrogens is 2. The van der Waals surface area contributed by atoms with Crippen LogP contribution in [-0.2, 0) is 6.54 Å². The van der Waals surface area contributed by atoms with Crippen molar-refractivity contribution in [1.82, 2.24) is 9.78 Å². The monoisotopic (exact) mass is 312 g/mol. The molecule has 5 nitrogen and oxygen atoms in total. The second kappa shape index (κ2) is 5.64. The van der Waals surface area contributed by atoms with Crippen LogP contribution in [0.25, 0.3) is 0 Å². The van der Waals surface area contributed by atoms with Crippen molar-refractivity contribution in [3.63, 3.8) is 0 Å². The highest BCUT2D eigenvalue weighted by molar-refractivity contribution is 6.35. The molecule has 20 heavy (non-hydrogen) atoms. The zero-order valence-electron chi connectivity index (χ0n) is 10.4. The van der Waals surface area contributed by atoms with Crippen LogP contribution in [0.1, 0.15) is 21.6 Å². The highest BCUT2D eigenvalue weighted by Crippen LogP contribution is 2.21. The Morgan fingerprint density at radius 1 is 1.35 bits per heavy atom. The van der Waals surface area contributed by atoms with Crippen LogP contribution in [0.2, 0.25) is 10.0 Å². The Kier molecular flexibility index (Phi) is 4.11. The fraction of sp³-hybridized carbons (Fsp3) is 0.154. The van der Waals surface area contributed by atoms with Gasteiger partial charge in [-0.2, -0.15) is 5.10 Å². The standard InChI is InChI=1S/C13H10Cl2N2O3/c1-7-4-10(13(19)20)12(18)17(16-7)6-8-2-3-9(14)5-11(8)15/h2-5H,6H2,1H3,(H,19,20). The summed E-state index contributed by atoms with van der Waals surface area (Å²) in [4.78, 5) is 23.0. The Balaban J connectivity index is 2.48. The molecule has 0 bridgehead atoms. The molecule has 0 spiro atoms. The summed E-state index contributed by atoms with van der Waals surface area (Å²) >= 11 is 11.8. The molecule has 0 radical (unpaired) electrons. The number of aromatic carboxylic acids is 1. The van der Waals surface area contributed by atoms with Crippen molar-refractivity contribution in [3.05, 3.63) is 61.5 Å². The molecule has 1 aromatic carbocycles. The summed E-state index contributed by atoms with van der Waals surface area (Å²) in [6.45, 7) is 1.70. The Labute approximate surface area is 124 Å². The molecular formula is C13H10Cl2N2O3. The number of nitrogens with zero attached hydrogens (tertiary/aromatic N) is 2. The lowest BCUT2D eigenvalue weighted by molar-refractivity contribution is 0.0693. The van der Waals surface area contributed by atoms with Crippen molar-refractivity contribution >= 4 is 29.2 Å². The average Bonchev–Trinajstić information content (AvgIpc) is 2.36. The summed E-state index contributed by atoms with van der Waals surface area (Å²) in [5.74, 6) is -1.28. The number of halogens is 2. The number of hydrogen-bond acceptors (Lipinski definition) is 3. The van der Waals surface area contributed by atoms with E-state index in [0.29, 0.717) is 21.3 Å².